The smallest absolute Gasteiger partial charge is 0.205 e. The third kappa shape index (κ3) is 2.86. The van der Waals surface area contributed by atoms with E-state index in [0.717, 1.165) is 19.4 Å². The number of ether oxygens (including phenoxy) is 1. The van der Waals surface area contributed by atoms with Crippen LogP contribution in [0, 0.1) is 0 Å². The minimum absolute atomic E-state index is 0.401. The SMILES string of the molecule is CCN=C(NN)NC1CC(OC)C1. The summed E-state index contributed by atoms with van der Waals surface area (Å²) in [5.74, 6) is 5.95. The van der Waals surface area contributed by atoms with Crippen molar-refractivity contribution in [1.29, 1.82) is 0 Å². The lowest BCUT2D eigenvalue weighted by molar-refractivity contribution is 0.0224. The van der Waals surface area contributed by atoms with Crippen LogP contribution in [0.15, 0.2) is 4.99 Å². The van der Waals surface area contributed by atoms with E-state index in [1.165, 1.54) is 0 Å². The highest BCUT2D eigenvalue weighted by atomic mass is 16.5. The van der Waals surface area contributed by atoms with E-state index < -0.39 is 0 Å². The Balaban J connectivity index is 2.21. The van der Waals surface area contributed by atoms with Crippen LogP contribution in [0.2, 0.25) is 0 Å². The average Bonchev–Trinajstić information content (AvgIpc) is 2.08. The monoisotopic (exact) mass is 186 g/mol. The maximum absolute atomic E-state index is 5.28. The molecule has 4 N–H and O–H groups in total. The predicted molar refractivity (Wildman–Crippen MR) is 52.3 cm³/mol. The number of hydrogen-bond donors (Lipinski definition) is 3. The summed E-state index contributed by atoms with van der Waals surface area (Å²) in [4.78, 5) is 4.14. The molecule has 0 amide bonds. The maximum Gasteiger partial charge on any atom is 0.205 e. The zero-order valence-electron chi connectivity index (χ0n) is 8.21. The molecule has 0 unspecified atom stereocenters. The molecule has 0 aromatic rings. The molecule has 0 spiro atoms. The van der Waals surface area contributed by atoms with Gasteiger partial charge in [-0.2, -0.15) is 0 Å². The second kappa shape index (κ2) is 5.04. The highest BCUT2D eigenvalue weighted by Gasteiger charge is 2.29. The Bertz CT molecular complexity index is 177. The van der Waals surface area contributed by atoms with E-state index in [0.29, 0.717) is 18.1 Å². The van der Waals surface area contributed by atoms with Gasteiger partial charge in [-0.1, -0.05) is 0 Å². The van der Waals surface area contributed by atoms with Gasteiger partial charge in [-0.05, 0) is 19.8 Å². The molecule has 5 nitrogen and oxygen atoms in total. The number of hydrazine groups is 1. The fourth-order valence-corrected chi connectivity index (χ4v) is 1.36. The van der Waals surface area contributed by atoms with Crippen molar-refractivity contribution in [1.82, 2.24) is 10.7 Å². The molecule has 1 aliphatic rings. The molecule has 1 fully saturated rings. The lowest BCUT2D eigenvalue weighted by Gasteiger charge is -2.35. The number of nitrogens with one attached hydrogen (secondary N) is 2. The fraction of sp³-hybridized carbons (Fsp3) is 0.875. The van der Waals surface area contributed by atoms with Crippen molar-refractivity contribution in [3.8, 4) is 0 Å². The first-order chi connectivity index (χ1) is 6.30. The van der Waals surface area contributed by atoms with Crippen LogP contribution in [0.4, 0.5) is 0 Å². The normalized spacial score (nSPS) is 28.1. The van der Waals surface area contributed by atoms with Gasteiger partial charge in [-0.15, -0.1) is 0 Å². The molecule has 1 saturated carbocycles. The Morgan fingerprint density at radius 3 is 2.77 bits per heavy atom. The molecule has 0 atom stereocenters. The van der Waals surface area contributed by atoms with E-state index in [4.69, 9.17) is 10.6 Å². The van der Waals surface area contributed by atoms with Crippen molar-refractivity contribution in [2.45, 2.75) is 31.9 Å². The highest BCUT2D eigenvalue weighted by Crippen LogP contribution is 2.22. The van der Waals surface area contributed by atoms with Crippen molar-refractivity contribution in [2.24, 2.45) is 10.8 Å². The third-order valence-corrected chi connectivity index (χ3v) is 2.22. The molecule has 0 bridgehead atoms. The summed E-state index contributed by atoms with van der Waals surface area (Å²) >= 11 is 0. The molecule has 1 aliphatic carbocycles. The molecular formula is C8H18N4O. The lowest BCUT2D eigenvalue weighted by atomic mass is 9.89. The first-order valence-corrected chi connectivity index (χ1v) is 4.60. The summed E-state index contributed by atoms with van der Waals surface area (Å²) < 4.78 is 5.16. The lowest BCUT2D eigenvalue weighted by Crippen LogP contribution is -2.53. The number of nitrogens with zero attached hydrogens (tertiary/aromatic N) is 1. The van der Waals surface area contributed by atoms with Crippen LogP contribution in [0.3, 0.4) is 0 Å². The molecule has 1 rings (SSSR count). The number of aliphatic imine (C=N–C) groups is 1. The third-order valence-electron chi connectivity index (χ3n) is 2.22. The predicted octanol–water partition coefficient (Wildman–Crippen LogP) is -0.407. The van der Waals surface area contributed by atoms with Crippen LogP contribution in [-0.2, 0) is 4.74 Å². The van der Waals surface area contributed by atoms with E-state index in [1.807, 2.05) is 6.92 Å². The molecule has 0 saturated heterocycles. The number of rotatable bonds is 3. The van der Waals surface area contributed by atoms with Gasteiger partial charge in [-0.25, -0.2) is 5.84 Å². The number of methoxy groups -OCH3 is 1. The second-order valence-corrected chi connectivity index (χ2v) is 3.14. The first-order valence-electron chi connectivity index (χ1n) is 4.60. The zero-order chi connectivity index (χ0) is 9.68. The van der Waals surface area contributed by atoms with Crippen LogP contribution in [-0.4, -0.2) is 31.8 Å². The van der Waals surface area contributed by atoms with Crippen LogP contribution in [0.1, 0.15) is 19.8 Å². The number of guanidine groups is 1. The van der Waals surface area contributed by atoms with Crippen molar-refractivity contribution in [3.05, 3.63) is 0 Å². The summed E-state index contributed by atoms with van der Waals surface area (Å²) in [6.45, 7) is 2.70. The minimum Gasteiger partial charge on any atom is -0.381 e. The van der Waals surface area contributed by atoms with Gasteiger partial charge < -0.3 is 10.1 Å². The molecule has 0 heterocycles. The molecule has 0 aromatic heterocycles. The summed E-state index contributed by atoms with van der Waals surface area (Å²) in [6, 6.07) is 0.450. The average molecular weight is 186 g/mol. The largest absolute Gasteiger partial charge is 0.381 e. The summed E-state index contributed by atoms with van der Waals surface area (Å²) in [6.07, 6.45) is 2.46. The Labute approximate surface area is 78.7 Å². The standard InChI is InChI=1S/C8H18N4O/c1-3-10-8(12-9)11-6-4-7(5-6)13-2/h6-7H,3-5,9H2,1-2H3,(H2,10,11,12). The first kappa shape index (κ1) is 10.3. The molecule has 76 valence electrons. The topological polar surface area (TPSA) is 71.7 Å². The van der Waals surface area contributed by atoms with Gasteiger partial charge in [0.25, 0.3) is 0 Å². The van der Waals surface area contributed by atoms with E-state index >= 15 is 0 Å². The van der Waals surface area contributed by atoms with Gasteiger partial charge in [0.05, 0.1) is 6.10 Å². The molecule has 0 radical (unpaired) electrons. The molecular weight excluding hydrogens is 168 g/mol. The van der Waals surface area contributed by atoms with E-state index in [2.05, 4.69) is 15.7 Å². The van der Waals surface area contributed by atoms with Gasteiger partial charge in [0.2, 0.25) is 5.96 Å². The fourth-order valence-electron chi connectivity index (χ4n) is 1.36. The summed E-state index contributed by atoms with van der Waals surface area (Å²) in [5.41, 5.74) is 2.53. The number of nitrogens with two attached hydrogens (primary N) is 1. The van der Waals surface area contributed by atoms with Crippen LogP contribution < -0.4 is 16.6 Å². The number of hydrogen-bond acceptors (Lipinski definition) is 3. The maximum atomic E-state index is 5.28. The van der Waals surface area contributed by atoms with E-state index in [9.17, 15) is 0 Å². The minimum atomic E-state index is 0.401. The molecule has 13 heavy (non-hydrogen) atoms. The van der Waals surface area contributed by atoms with Crippen molar-refractivity contribution in [2.75, 3.05) is 13.7 Å². The van der Waals surface area contributed by atoms with Gasteiger partial charge in [-0.3, -0.25) is 10.4 Å². The van der Waals surface area contributed by atoms with Crippen molar-refractivity contribution in [3.63, 3.8) is 0 Å². The molecule has 0 aromatic carbocycles. The van der Waals surface area contributed by atoms with Crippen molar-refractivity contribution < 1.29 is 4.74 Å². The Hall–Kier alpha value is -0.810. The Morgan fingerprint density at radius 2 is 2.31 bits per heavy atom. The van der Waals surface area contributed by atoms with Crippen molar-refractivity contribution >= 4 is 5.96 Å². The molecule has 0 aliphatic heterocycles. The van der Waals surface area contributed by atoms with E-state index in [-0.39, 0.29) is 0 Å². The quantitative estimate of drug-likeness (QED) is 0.242. The van der Waals surface area contributed by atoms with Crippen LogP contribution >= 0.6 is 0 Å². The summed E-state index contributed by atoms with van der Waals surface area (Å²) in [7, 11) is 1.74. The molecule has 5 heteroatoms. The Kier molecular flexibility index (Phi) is 3.98. The van der Waals surface area contributed by atoms with Gasteiger partial charge >= 0.3 is 0 Å². The highest BCUT2D eigenvalue weighted by molar-refractivity contribution is 5.79. The van der Waals surface area contributed by atoms with Gasteiger partial charge in [0, 0.05) is 19.7 Å². The Morgan fingerprint density at radius 1 is 1.62 bits per heavy atom. The van der Waals surface area contributed by atoms with Gasteiger partial charge in [0.1, 0.15) is 0 Å². The zero-order valence-corrected chi connectivity index (χ0v) is 8.21. The second-order valence-electron chi connectivity index (χ2n) is 3.14. The van der Waals surface area contributed by atoms with Crippen LogP contribution in [0.5, 0.6) is 0 Å². The van der Waals surface area contributed by atoms with Gasteiger partial charge in [0.15, 0.2) is 0 Å². The summed E-state index contributed by atoms with van der Waals surface area (Å²) in [5, 5.41) is 3.20. The van der Waals surface area contributed by atoms with E-state index in [1.54, 1.807) is 7.11 Å². The van der Waals surface area contributed by atoms with Crippen LogP contribution in [0.25, 0.3) is 0 Å².